The fourth-order valence-electron chi connectivity index (χ4n) is 3.77. The van der Waals surface area contributed by atoms with E-state index in [9.17, 15) is 18.0 Å². The topological polar surface area (TPSA) is 112 Å². The van der Waals surface area contributed by atoms with Gasteiger partial charge in [-0.05, 0) is 42.8 Å². The Labute approximate surface area is 217 Å². The van der Waals surface area contributed by atoms with Crippen LogP contribution in [0.5, 0.6) is 5.75 Å². The zero-order valence-electron chi connectivity index (χ0n) is 21.0. The Morgan fingerprint density at radius 1 is 1.03 bits per heavy atom. The average molecular weight is 531 g/mol. The second-order valence-electron chi connectivity index (χ2n) is 7.91. The van der Waals surface area contributed by atoms with Gasteiger partial charge >= 0.3 is 5.97 Å². The van der Waals surface area contributed by atoms with Crippen LogP contribution in [0, 0.1) is 11.8 Å². The summed E-state index contributed by atoms with van der Waals surface area (Å²) in [6.07, 6.45) is 0. The molecule has 0 bridgehead atoms. The summed E-state index contributed by atoms with van der Waals surface area (Å²) in [5.41, 5.74) is 1.08. The predicted molar refractivity (Wildman–Crippen MR) is 135 cm³/mol. The molecule has 0 radical (unpaired) electrons. The number of carbonyl (C=O) groups is 2. The molecular weight excluding hydrogens is 500 g/mol. The number of amides is 1. The van der Waals surface area contributed by atoms with E-state index in [2.05, 4.69) is 11.8 Å². The Morgan fingerprint density at radius 3 is 2.41 bits per heavy atom. The number of hydrogen-bond acceptors (Lipinski definition) is 8. The van der Waals surface area contributed by atoms with Gasteiger partial charge in [-0.2, -0.15) is 4.31 Å². The number of nitrogens with zero attached hydrogens (tertiary/aromatic N) is 2. The summed E-state index contributed by atoms with van der Waals surface area (Å²) in [6.45, 7) is 1.94. The molecule has 0 saturated heterocycles. The second-order valence-corrected chi connectivity index (χ2v) is 9.80. The predicted octanol–water partition coefficient (Wildman–Crippen LogP) is 1.83. The van der Waals surface area contributed by atoms with Gasteiger partial charge < -0.3 is 23.8 Å². The van der Waals surface area contributed by atoms with Crippen molar-refractivity contribution in [2.45, 2.75) is 24.4 Å². The second kappa shape index (κ2) is 13.2. The van der Waals surface area contributed by atoms with Crippen molar-refractivity contribution in [2.24, 2.45) is 0 Å². The first-order valence-corrected chi connectivity index (χ1v) is 13.0. The molecule has 0 aliphatic carbocycles. The van der Waals surface area contributed by atoms with Gasteiger partial charge in [-0.3, -0.25) is 9.59 Å². The van der Waals surface area contributed by atoms with E-state index in [1.54, 1.807) is 38.3 Å². The largest absolute Gasteiger partial charge is 0.481 e. The highest BCUT2D eigenvalue weighted by Gasteiger charge is 2.42. The van der Waals surface area contributed by atoms with E-state index in [0.717, 1.165) is 4.31 Å². The number of sulfonamides is 1. The lowest BCUT2D eigenvalue weighted by molar-refractivity contribution is -0.145. The number of methoxy groups -OCH3 is 2. The third-order valence-corrected chi connectivity index (χ3v) is 7.47. The standard InChI is InChI=1S/C26H30N2O8S/c1-4-35-19-25(29)27-18-24(26(30)34-3)28(17-20-9-5-6-10-23(20)27)37(31,32)22-13-11-21(12-14-22)36-16-8-7-15-33-2/h5-6,9-14,24H,4,15-19H2,1-3H3. The summed E-state index contributed by atoms with van der Waals surface area (Å²) in [4.78, 5) is 27.2. The summed E-state index contributed by atoms with van der Waals surface area (Å²) in [5, 5.41) is 0. The molecule has 2 aromatic carbocycles. The van der Waals surface area contributed by atoms with Crippen molar-refractivity contribution in [3.8, 4) is 17.6 Å². The molecule has 1 aliphatic heterocycles. The van der Waals surface area contributed by atoms with Gasteiger partial charge in [0.1, 0.15) is 31.6 Å². The lowest BCUT2D eigenvalue weighted by Gasteiger charge is -2.29. The van der Waals surface area contributed by atoms with Crippen LogP contribution in [0.25, 0.3) is 0 Å². The number of ether oxygens (including phenoxy) is 4. The molecule has 0 N–H and O–H groups in total. The first-order valence-electron chi connectivity index (χ1n) is 11.6. The lowest BCUT2D eigenvalue weighted by Crippen LogP contribution is -2.51. The van der Waals surface area contributed by atoms with E-state index in [0.29, 0.717) is 23.6 Å². The van der Waals surface area contributed by atoms with Crippen LogP contribution in [-0.4, -0.2) is 77.8 Å². The van der Waals surface area contributed by atoms with Crippen LogP contribution in [0.15, 0.2) is 53.4 Å². The number of benzene rings is 2. The van der Waals surface area contributed by atoms with Crippen LogP contribution in [0.2, 0.25) is 0 Å². The van der Waals surface area contributed by atoms with Crippen molar-refractivity contribution in [3.63, 3.8) is 0 Å². The van der Waals surface area contributed by atoms with Gasteiger partial charge in [0.2, 0.25) is 10.0 Å². The fraction of sp³-hybridized carbons (Fsp3) is 0.385. The number of fused-ring (bicyclic) bond motifs is 1. The number of hydrogen-bond donors (Lipinski definition) is 0. The maximum absolute atomic E-state index is 13.8. The minimum Gasteiger partial charge on any atom is -0.481 e. The highest BCUT2D eigenvalue weighted by atomic mass is 32.2. The zero-order valence-corrected chi connectivity index (χ0v) is 21.8. The average Bonchev–Trinajstić information content (AvgIpc) is 3.09. The number of para-hydroxylation sites is 1. The minimum absolute atomic E-state index is 0.0363. The van der Waals surface area contributed by atoms with Crippen molar-refractivity contribution in [1.82, 2.24) is 4.31 Å². The van der Waals surface area contributed by atoms with Crippen molar-refractivity contribution in [2.75, 3.05) is 52.1 Å². The summed E-state index contributed by atoms with van der Waals surface area (Å²) in [7, 11) is -1.46. The highest BCUT2D eigenvalue weighted by Crippen LogP contribution is 2.32. The van der Waals surface area contributed by atoms with Gasteiger partial charge in [0.05, 0.1) is 18.6 Å². The van der Waals surface area contributed by atoms with Crippen molar-refractivity contribution >= 4 is 27.6 Å². The molecule has 1 heterocycles. The van der Waals surface area contributed by atoms with E-state index < -0.39 is 27.9 Å². The van der Waals surface area contributed by atoms with Gasteiger partial charge in [0.15, 0.2) is 0 Å². The summed E-state index contributed by atoms with van der Waals surface area (Å²) < 4.78 is 49.2. The SMILES string of the molecule is CCOCC(=O)N1CC(C(=O)OC)N(S(=O)(=O)c2ccc(OCC#CCOC)cc2)Cc2ccccc21. The number of carbonyl (C=O) groups excluding carboxylic acids is 2. The Morgan fingerprint density at radius 2 is 1.73 bits per heavy atom. The smallest absolute Gasteiger partial charge is 0.326 e. The first-order chi connectivity index (χ1) is 17.8. The molecule has 0 spiro atoms. The molecule has 0 fully saturated rings. The van der Waals surface area contributed by atoms with Gasteiger partial charge in [-0.25, -0.2) is 8.42 Å². The van der Waals surface area contributed by atoms with Crippen molar-refractivity contribution < 1.29 is 37.0 Å². The van der Waals surface area contributed by atoms with E-state index in [-0.39, 0.29) is 37.8 Å². The van der Waals surface area contributed by atoms with Crippen LogP contribution in [-0.2, 0) is 40.4 Å². The molecule has 1 atom stereocenters. The summed E-state index contributed by atoms with van der Waals surface area (Å²) in [5.74, 6) is 4.81. The molecule has 198 valence electrons. The first kappa shape index (κ1) is 28.1. The third-order valence-electron chi connectivity index (χ3n) is 5.60. The molecule has 2 aromatic rings. The molecule has 1 aliphatic rings. The normalized spacial score (nSPS) is 15.6. The molecule has 0 aromatic heterocycles. The van der Waals surface area contributed by atoms with Crippen LogP contribution in [0.3, 0.4) is 0 Å². The van der Waals surface area contributed by atoms with E-state index >= 15 is 0 Å². The maximum atomic E-state index is 13.8. The number of esters is 1. The van der Waals surface area contributed by atoms with E-state index in [1.807, 2.05) is 0 Å². The Balaban J connectivity index is 1.94. The molecule has 1 unspecified atom stereocenters. The summed E-state index contributed by atoms with van der Waals surface area (Å²) >= 11 is 0. The van der Waals surface area contributed by atoms with Crippen LogP contribution < -0.4 is 9.64 Å². The van der Waals surface area contributed by atoms with E-state index in [4.69, 9.17) is 18.9 Å². The van der Waals surface area contributed by atoms with Crippen molar-refractivity contribution in [3.05, 3.63) is 54.1 Å². The number of anilines is 1. The third kappa shape index (κ3) is 6.87. The van der Waals surface area contributed by atoms with E-state index in [1.165, 1.54) is 36.3 Å². The molecular formula is C26H30N2O8S. The van der Waals surface area contributed by atoms with Gasteiger partial charge in [0, 0.05) is 25.9 Å². The molecule has 3 rings (SSSR count). The Kier molecular flexibility index (Phi) is 10.0. The Hall–Kier alpha value is -3.43. The molecule has 0 saturated carbocycles. The Bertz CT molecular complexity index is 1250. The quantitative estimate of drug-likeness (QED) is 0.357. The fourth-order valence-corrected chi connectivity index (χ4v) is 5.32. The van der Waals surface area contributed by atoms with Gasteiger partial charge in [-0.15, -0.1) is 0 Å². The van der Waals surface area contributed by atoms with Crippen LogP contribution in [0.4, 0.5) is 5.69 Å². The minimum atomic E-state index is -4.18. The zero-order chi connectivity index (χ0) is 26.8. The van der Waals surface area contributed by atoms with Crippen LogP contribution >= 0.6 is 0 Å². The summed E-state index contributed by atoms with van der Waals surface area (Å²) in [6, 6.07) is 11.5. The molecule has 1 amide bonds. The molecule has 11 heteroatoms. The van der Waals surface area contributed by atoms with Gasteiger partial charge in [0.25, 0.3) is 5.91 Å². The molecule has 10 nitrogen and oxygen atoms in total. The maximum Gasteiger partial charge on any atom is 0.326 e. The lowest BCUT2D eigenvalue weighted by atomic mass is 10.1. The molecule has 37 heavy (non-hydrogen) atoms. The van der Waals surface area contributed by atoms with Crippen molar-refractivity contribution in [1.29, 1.82) is 0 Å². The van der Waals surface area contributed by atoms with Gasteiger partial charge in [-0.1, -0.05) is 30.0 Å². The number of rotatable bonds is 9. The highest BCUT2D eigenvalue weighted by molar-refractivity contribution is 7.89. The monoisotopic (exact) mass is 530 g/mol. The van der Waals surface area contributed by atoms with Crippen LogP contribution in [0.1, 0.15) is 12.5 Å².